The van der Waals surface area contributed by atoms with E-state index in [1.165, 1.54) is 63.8 Å². The Morgan fingerprint density at radius 1 is 0.871 bits per heavy atom. The van der Waals surface area contributed by atoms with Gasteiger partial charge in [0, 0.05) is 16.8 Å². The Morgan fingerprint density at radius 2 is 1.58 bits per heavy atom. The molecule has 31 heavy (non-hydrogen) atoms. The molecular formula is C22H20ClNO6S. The Morgan fingerprint density at radius 3 is 2.19 bits per heavy atom. The van der Waals surface area contributed by atoms with Crippen LogP contribution in [0, 0.1) is 0 Å². The van der Waals surface area contributed by atoms with E-state index in [1.54, 1.807) is 18.2 Å². The molecule has 0 atom stereocenters. The van der Waals surface area contributed by atoms with Crippen LogP contribution in [0.1, 0.15) is 10.4 Å². The normalized spacial score (nSPS) is 11.0. The number of para-hydroxylation sites is 1. The number of carbonyl (C=O) groups is 1. The lowest BCUT2D eigenvalue weighted by atomic mass is 10.1. The Bertz CT molecular complexity index is 1210. The maximum absolute atomic E-state index is 13.1. The molecule has 3 aromatic rings. The lowest BCUT2D eigenvalue weighted by molar-refractivity contribution is 0.102. The summed E-state index contributed by atoms with van der Waals surface area (Å²) in [4.78, 5) is 12.9. The number of benzene rings is 3. The molecule has 0 saturated heterocycles. The molecular weight excluding hydrogens is 442 g/mol. The van der Waals surface area contributed by atoms with Gasteiger partial charge in [-0.1, -0.05) is 17.7 Å². The third kappa shape index (κ3) is 4.76. The Kier molecular flexibility index (Phi) is 6.72. The van der Waals surface area contributed by atoms with E-state index >= 15 is 0 Å². The van der Waals surface area contributed by atoms with Crippen LogP contribution in [0.25, 0.3) is 0 Å². The fraction of sp³-hybridized carbons (Fsp3) is 0.136. The fourth-order valence-corrected chi connectivity index (χ4v) is 4.38. The van der Waals surface area contributed by atoms with Crippen molar-refractivity contribution in [2.75, 3.05) is 26.6 Å². The van der Waals surface area contributed by atoms with Crippen molar-refractivity contribution < 1.29 is 27.4 Å². The molecule has 0 unspecified atom stereocenters. The fourth-order valence-electron chi connectivity index (χ4n) is 2.93. The van der Waals surface area contributed by atoms with Gasteiger partial charge in [0.05, 0.1) is 36.7 Å². The summed E-state index contributed by atoms with van der Waals surface area (Å²) in [6, 6.07) is 15.0. The molecule has 0 heterocycles. The second-order valence-corrected chi connectivity index (χ2v) is 8.74. The number of carbonyl (C=O) groups excluding carboxylic acids is 1. The van der Waals surface area contributed by atoms with E-state index in [2.05, 4.69) is 5.32 Å². The van der Waals surface area contributed by atoms with E-state index in [0.29, 0.717) is 10.8 Å². The minimum atomic E-state index is -3.87. The highest BCUT2D eigenvalue weighted by Gasteiger charge is 2.21. The molecule has 0 aliphatic rings. The van der Waals surface area contributed by atoms with E-state index < -0.39 is 15.7 Å². The van der Waals surface area contributed by atoms with Gasteiger partial charge in [-0.2, -0.15) is 0 Å². The summed E-state index contributed by atoms with van der Waals surface area (Å²) in [5, 5.41) is 3.11. The van der Waals surface area contributed by atoms with Crippen molar-refractivity contribution in [2.24, 2.45) is 0 Å². The van der Waals surface area contributed by atoms with Crippen molar-refractivity contribution in [3.05, 3.63) is 71.2 Å². The molecule has 0 aliphatic carbocycles. The summed E-state index contributed by atoms with van der Waals surface area (Å²) >= 11 is 5.86. The van der Waals surface area contributed by atoms with E-state index in [1.807, 2.05) is 0 Å². The van der Waals surface area contributed by atoms with Crippen molar-refractivity contribution in [1.29, 1.82) is 0 Å². The van der Waals surface area contributed by atoms with E-state index in [4.69, 9.17) is 25.8 Å². The number of methoxy groups -OCH3 is 3. The monoisotopic (exact) mass is 461 g/mol. The van der Waals surface area contributed by atoms with Crippen LogP contribution in [0.5, 0.6) is 17.2 Å². The van der Waals surface area contributed by atoms with Crippen LogP contribution in [-0.2, 0) is 9.84 Å². The van der Waals surface area contributed by atoms with Gasteiger partial charge in [0.1, 0.15) is 5.75 Å². The van der Waals surface area contributed by atoms with Crippen LogP contribution in [0.2, 0.25) is 5.02 Å². The molecule has 0 saturated carbocycles. The Labute approximate surface area is 185 Å². The molecule has 162 valence electrons. The van der Waals surface area contributed by atoms with Crippen molar-refractivity contribution in [1.82, 2.24) is 0 Å². The van der Waals surface area contributed by atoms with Gasteiger partial charge in [0.2, 0.25) is 9.84 Å². The number of sulfone groups is 1. The molecule has 0 aromatic heterocycles. The lowest BCUT2D eigenvalue weighted by Gasteiger charge is -2.14. The molecule has 0 fully saturated rings. The van der Waals surface area contributed by atoms with Gasteiger partial charge < -0.3 is 19.5 Å². The zero-order chi connectivity index (χ0) is 22.6. The minimum absolute atomic E-state index is 0.0397. The predicted molar refractivity (Wildman–Crippen MR) is 117 cm³/mol. The quantitative estimate of drug-likeness (QED) is 0.559. The van der Waals surface area contributed by atoms with Crippen molar-refractivity contribution >= 4 is 33.0 Å². The van der Waals surface area contributed by atoms with Crippen LogP contribution < -0.4 is 19.5 Å². The van der Waals surface area contributed by atoms with Gasteiger partial charge in [-0.15, -0.1) is 0 Å². The third-order valence-electron chi connectivity index (χ3n) is 4.46. The SMILES string of the molecule is COc1cc(NC(=O)c2cccc(OC)c2OC)cc(S(=O)(=O)c2ccc(Cl)cc2)c1. The first-order chi connectivity index (χ1) is 14.8. The summed E-state index contributed by atoms with van der Waals surface area (Å²) in [7, 11) is 0.433. The number of hydrogen-bond acceptors (Lipinski definition) is 6. The molecule has 3 aromatic carbocycles. The van der Waals surface area contributed by atoms with Crippen LogP contribution in [0.4, 0.5) is 5.69 Å². The largest absolute Gasteiger partial charge is 0.497 e. The zero-order valence-electron chi connectivity index (χ0n) is 17.0. The number of rotatable bonds is 7. The number of halogens is 1. The van der Waals surface area contributed by atoms with Gasteiger partial charge in [-0.05, 0) is 48.5 Å². The molecule has 3 rings (SSSR count). The lowest BCUT2D eigenvalue weighted by Crippen LogP contribution is -2.14. The highest BCUT2D eigenvalue weighted by atomic mass is 35.5. The van der Waals surface area contributed by atoms with E-state index in [-0.39, 0.29) is 32.5 Å². The van der Waals surface area contributed by atoms with Crippen LogP contribution in [-0.4, -0.2) is 35.7 Å². The van der Waals surface area contributed by atoms with Gasteiger partial charge in [0.25, 0.3) is 5.91 Å². The average Bonchev–Trinajstić information content (AvgIpc) is 2.78. The Hall–Kier alpha value is -3.23. The molecule has 1 amide bonds. The van der Waals surface area contributed by atoms with Crippen molar-refractivity contribution in [3.63, 3.8) is 0 Å². The van der Waals surface area contributed by atoms with E-state index in [9.17, 15) is 13.2 Å². The first kappa shape index (κ1) is 22.5. The summed E-state index contributed by atoms with van der Waals surface area (Å²) in [5.74, 6) is 0.424. The molecule has 0 bridgehead atoms. The Balaban J connectivity index is 2.00. The van der Waals surface area contributed by atoms with Gasteiger partial charge in [0.15, 0.2) is 11.5 Å². The summed E-state index contributed by atoms with van der Waals surface area (Å²) in [5.41, 5.74) is 0.466. The highest BCUT2D eigenvalue weighted by molar-refractivity contribution is 7.91. The zero-order valence-corrected chi connectivity index (χ0v) is 18.6. The molecule has 9 heteroatoms. The number of amides is 1. The maximum atomic E-state index is 13.1. The second-order valence-electron chi connectivity index (χ2n) is 6.35. The summed E-state index contributed by atoms with van der Waals surface area (Å²) < 4.78 is 41.9. The highest BCUT2D eigenvalue weighted by Crippen LogP contribution is 2.33. The standard InChI is InChI=1S/C22H20ClNO6S/c1-28-16-11-15(24-22(25)19-5-4-6-20(29-2)21(19)30-3)12-18(13-16)31(26,27)17-9-7-14(23)8-10-17/h4-13H,1-3H3,(H,24,25). The summed E-state index contributed by atoms with van der Waals surface area (Å²) in [6.45, 7) is 0. The third-order valence-corrected chi connectivity index (χ3v) is 6.46. The number of ether oxygens (including phenoxy) is 3. The first-order valence-corrected chi connectivity index (χ1v) is 10.9. The molecule has 0 aliphatic heterocycles. The maximum Gasteiger partial charge on any atom is 0.259 e. The predicted octanol–water partition coefficient (Wildman–Crippen LogP) is 4.45. The van der Waals surface area contributed by atoms with Gasteiger partial charge in [-0.3, -0.25) is 4.79 Å². The van der Waals surface area contributed by atoms with Crippen molar-refractivity contribution in [3.8, 4) is 17.2 Å². The first-order valence-electron chi connectivity index (χ1n) is 9.02. The van der Waals surface area contributed by atoms with E-state index in [0.717, 1.165) is 0 Å². The number of nitrogens with one attached hydrogen (secondary N) is 1. The second kappa shape index (κ2) is 9.28. The molecule has 0 radical (unpaired) electrons. The topological polar surface area (TPSA) is 90.9 Å². The number of hydrogen-bond donors (Lipinski definition) is 1. The average molecular weight is 462 g/mol. The molecule has 1 N–H and O–H groups in total. The molecule has 0 spiro atoms. The van der Waals surface area contributed by atoms with Crippen molar-refractivity contribution in [2.45, 2.75) is 9.79 Å². The minimum Gasteiger partial charge on any atom is -0.497 e. The molecule has 7 nitrogen and oxygen atoms in total. The van der Waals surface area contributed by atoms with Gasteiger partial charge >= 0.3 is 0 Å². The number of anilines is 1. The van der Waals surface area contributed by atoms with Crippen LogP contribution >= 0.6 is 11.6 Å². The van der Waals surface area contributed by atoms with Crippen LogP contribution in [0.3, 0.4) is 0 Å². The van der Waals surface area contributed by atoms with Crippen LogP contribution in [0.15, 0.2) is 70.5 Å². The summed E-state index contributed by atoms with van der Waals surface area (Å²) in [6.07, 6.45) is 0. The smallest absolute Gasteiger partial charge is 0.259 e. The van der Waals surface area contributed by atoms with Gasteiger partial charge in [-0.25, -0.2) is 8.42 Å².